The zero-order chi connectivity index (χ0) is 11.7. The highest BCUT2D eigenvalue weighted by atomic mass is 79.9. The maximum atomic E-state index is 13.0. The third-order valence-corrected chi connectivity index (χ3v) is 2.92. The number of benzene rings is 1. The van der Waals surface area contributed by atoms with Crippen LogP contribution in [0.5, 0.6) is 0 Å². The van der Waals surface area contributed by atoms with Crippen LogP contribution in [0.2, 0.25) is 0 Å². The Morgan fingerprint density at radius 1 is 1.50 bits per heavy atom. The first kappa shape index (κ1) is 11.5. The molecule has 0 saturated heterocycles. The number of hydrogen-bond acceptors (Lipinski definition) is 2. The quantitative estimate of drug-likeness (QED) is 0.795. The van der Waals surface area contributed by atoms with Gasteiger partial charge < -0.3 is 0 Å². The Balaban J connectivity index is 2.39. The Hall–Kier alpha value is -0.940. The van der Waals surface area contributed by atoms with E-state index in [2.05, 4.69) is 26.2 Å². The molecule has 0 amide bonds. The van der Waals surface area contributed by atoms with E-state index in [0.29, 0.717) is 10.2 Å². The van der Waals surface area contributed by atoms with Crippen LogP contribution >= 0.6 is 27.5 Å². The number of halogens is 3. The lowest BCUT2D eigenvalue weighted by Gasteiger charge is -2.01. The molecule has 0 aliphatic carbocycles. The van der Waals surface area contributed by atoms with E-state index in [1.54, 1.807) is 23.0 Å². The van der Waals surface area contributed by atoms with Crippen LogP contribution < -0.4 is 0 Å². The van der Waals surface area contributed by atoms with E-state index < -0.39 is 0 Å². The lowest BCUT2D eigenvalue weighted by Crippen LogP contribution is -1.95. The fourth-order valence-electron chi connectivity index (χ4n) is 1.21. The Bertz CT molecular complexity index is 513. The first-order chi connectivity index (χ1) is 7.58. The van der Waals surface area contributed by atoms with Gasteiger partial charge in [-0.1, -0.05) is 5.21 Å². The highest BCUT2D eigenvalue weighted by Gasteiger charge is 2.08. The topological polar surface area (TPSA) is 30.7 Å². The third-order valence-electron chi connectivity index (χ3n) is 2.09. The van der Waals surface area contributed by atoms with Crippen LogP contribution in [0.15, 0.2) is 28.9 Å². The summed E-state index contributed by atoms with van der Waals surface area (Å²) in [4.78, 5) is 0. The molecule has 0 radical (unpaired) electrons. The summed E-state index contributed by atoms with van der Waals surface area (Å²) >= 11 is 8.99. The van der Waals surface area contributed by atoms with Gasteiger partial charge in [0.25, 0.3) is 0 Å². The minimum absolute atomic E-state index is 0.197. The van der Waals surface area contributed by atoms with E-state index in [1.165, 1.54) is 6.07 Å². The molecule has 0 spiro atoms. The fourth-order valence-corrected chi connectivity index (χ4v) is 1.68. The molecule has 1 unspecified atom stereocenters. The molecule has 1 atom stereocenters. The summed E-state index contributed by atoms with van der Waals surface area (Å²) in [6.45, 7) is 1.82. The second-order valence-corrected chi connectivity index (χ2v) is 4.81. The standard InChI is InChI=1S/C10H8BrClFN3/c1-6(12)10-5-16(15-14-10)7-2-3-9(13)8(11)4-7/h2-6H,1H3. The number of rotatable bonds is 2. The van der Waals surface area contributed by atoms with E-state index in [9.17, 15) is 4.39 Å². The summed E-state index contributed by atoms with van der Waals surface area (Å²) in [5.74, 6) is -0.310. The van der Waals surface area contributed by atoms with Crippen molar-refractivity contribution in [1.82, 2.24) is 15.0 Å². The molecule has 16 heavy (non-hydrogen) atoms. The number of hydrogen-bond donors (Lipinski definition) is 0. The first-order valence-corrected chi connectivity index (χ1v) is 5.82. The summed E-state index contributed by atoms with van der Waals surface area (Å²) in [7, 11) is 0. The molecule has 1 aromatic heterocycles. The van der Waals surface area contributed by atoms with Gasteiger partial charge in [-0.3, -0.25) is 0 Å². The van der Waals surface area contributed by atoms with E-state index in [4.69, 9.17) is 11.6 Å². The van der Waals surface area contributed by atoms with Crippen molar-refractivity contribution >= 4 is 27.5 Å². The molecule has 0 aliphatic heterocycles. The van der Waals surface area contributed by atoms with Gasteiger partial charge in [0.2, 0.25) is 0 Å². The molecular formula is C10H8BrClFN3. The van der Waals surface area contributed by atoms with Crippen molar-refractivity contribution in [2.45, 2.75) is 12.3 Å². The van der Waals surface area contributed by atoms with E-state index >= 15 is 0 Å². The van der Waals surface area contributed by atoms with Crippen molar-refractivity contribution in [2.75, 3.05) is 0 Å². The molecule has 84 valence electrons. The van der Waals surface area contributed by atoms with Crippen LogP contribution in [0.4, 0.5) is 4.39 Å². The predicted molar refractivity (Wildman–Crippen MR) is 63.3 cm³/mol. The molecule has 6 heteroatoms. The molecule has 0 N–H and O–H groups in total. The zero-order valence-electron chi connectivity index (χ0n) is 8.36. The molecule has 2 rings (SSSR count). The van der Waals surface area contributed by atoms with Crippen LogP contribution in [0.3, 0.4) is 0 Å². The monoisotopic (exact) mass is 303 g/mol. The molecule has 0 saturated carbocycles. The van der Waals surface area contributed by atoms with Crippen LogP contribution in [-0.4, -0.2) is 15.0 Å². The molecular weight excluding hydrogens is 296 g/mol. The van der Waals surface area contributed by atoms with Crippen molar-refractivity contribution in [2.24, 2.45) is 0 Å². The number of nitrogens with zero attached hydrogens (tertiary/aromatic N) is 3. The van der Waals surface area contributed by atoms with Gasteiger partial charge in [0.05, 0.1) is 21.7 Å². The summed E-state index contributed by atoms with van der Waals surface area (Å²) in [6.07, 6.45) is 1.72. The van der Waals surface area contributed by atoms with Crippen LogP contribution in [0.1, 0.15) is 18.0 Å². The molecule has 0 aliphatic rings. The Morgan fingerprint density at radius 3 is 2.81 bits per heavy atom. The summed E-state index contributed by atoms with van der Waals surface area (Å²) in [6, 6.07) is 4.62. The smallest absolute Gasteiger partial charge is 0.137 e. The van der Waals surface area contributed by atoms with Gasteiger partial charge in [0.15, 0.2) is 0 Å². The normalized spacial score (nSPS) is 12.8. The maximum Gasteiger partial charge on any atom is 0.137 e. The van der Waals surface area contributed by atoms with Gasteiger partial charge in [-0.05, 0) is 41.1 Å². The van der Waals surface area contributed by atoms with Crippen molar-refractivity contribution in [3.63, 3.8) is 0 Å². The molecule has 0 bridgehead atoms. The van der Waals surface area contributed by atoms with Crippen molar-refractivity contribution < 1.29 is 4.39 Å². The average Bonchev–Trinajstić information content (AvgIpc) is 2.71. The van der Waals surface area contributed by atoms with Crippen molar-refractivity contribution in [1.29, 1.82) is 0 Å². The Kier molecular flexibility index (Phi) is 3.25. The lowest BCUT2D eigenvalue weighted by atomic mass is 10.3. The first-order valence-electron chi connectivity index (χ1n) is 4.59. The minimum Gasteiger partial charge on any atom is -0.220 e. The van der Waals surface area contributed by atoms with Gasteiger partial charge in [-0.25, -0.2) is 9.07 Å². The van der Waals surface area contributed by atoms with Gasteiger partial charge in [-0.2, -0.15) is 0 Å². The average molecular weight is 305 g/mol. The molecule has 0 fully saturated rings. The molecule has 1 aromatic carbocycles. The van der Waals surface area contributed by atoms with Gasteiger partial charge in [0.1, 0.15) is 11.5 Å². The minimum atomic E-state index is -0.310. The van der Waals surface area contributed by atoms with Gasteiger partial charge >= 0.3 is 0 Å². The third kappa shape index (κ3) is 2.25. The SMILES string of the molecule is CC(Cl)c1cn(-c2ccc(F)c(Br)c2)nn1. The van der Waals surface area contributed by atoms with Crippen molar-refractivity contribution in [3.05, 3.63) is 40.4 Å². The molecule has 2 aromatic rings. The number of alkyl halides is 1. The zero-order valence-corrected chi connectivity index (χ0v) is 10.7. The van der Waals surface area contributed by atoms with Crippen LogP contribution in [0, 0.1) is 5.82 Å². The van der Waals surface area contributed by atoms with Gasteiger partial charge in [0, 0.05) is 0 Å². The predicted octanol–water partition coefficient (Wildman–Crippen LogP) is 3.47. The molecule has 1 heterocycles. The van der Waals surface area contributed by atoms with E-state index in [0.717, 1.165) is 5.69 Å². The number of aromatic nitrogens is 3. The van der Waals surface area contributed by atoms with E-state index in [1.807, 2.05) is 6.92 Å². The highest BCUT2D eigenvalue weighted by Crippen LogP contribution is 2.21. The lowest BCUT2D eigenvalue weighted by molar-refractivity contribution is 0.620. The maximum absolute atomic E-state index is 13.0. The summed E-state index contributed by atoms with van der Waals surface area (Å²) < 4.78 is 15.0. The largest absolute Gasteiger partial charge is 0.220 e. The second kappa shape index (κ2) is 4.51. The van der Waals surface area contributed by atoms with Crippen LogP contribution in [0.25, 0.3) is 5.69 Å². The summed E-state index contributed by atoms with van der Waals surface area (Å²) in [5.41, 5.74) is 1.41. The fraction of sp³-hybridized carbons (Fsp3) is 0.200. The summed E-state index contributed by atoms with van der Waals surface area (Å²) in [5, 5.41) is 7.64. The van der Waals surface area contributed by atoms with E-state index in [-0.39, 0.29) is 11.2 Å². The van der Waals surface area contributed by atoms with Crippen LogP contribution in [-0.2, 0) is 0 Å². The van der Waals surface area contributed by atoms with Gasteiger partial charge in [-0.15, -0.1) is 16.7 Å². The Labute approximate surface area is 105 Å². The second-order valence-electron chi connectivity index (χ2n) is 3.30. The Morgan fingerprint density at radius 2 is 2.25 bits per heavy atom. The molecule has 3 nitrogen and oxygen atoms in total. The highest BCUT2D eigenvalue weighted by molar-refractivity contribution is 9.10. The van der Waals surface area contributed by atoms with Crippen molar-refractivity contribution in [3.8, 4) is 5.69 Å².